The van der Waals surface area contributed by atoms with Gasteiger partial charge in [0.15, 0.2) is 0 Å². The van der Waals surface area contributed by atoms with Crippen LogP contribution in [0.5, 0.6) is 0 Å². The fourth-order valence-electron chi connectivity index (χ4n) is 4.78. The minimum Gasteiger partial charge on any atom is -0.383 e. The maximum Gasteiger partial charge on any atom is 0.262 e. The Labute approximate surface area is 206 Å². The van der Waals surface area contributed by atoms with Gasteiger partial charge in [0.25, 0.3) is 5.91 Å². The van der Waals surface area contributed by atoms with Crippen molar-refractivity contribution in [1.29, 1.82) is 0 Å². The van der Waals surface area contributed by atoms with Gasteiger partial charge in [-0.05, 0) is 31.4 Å². The number of rotatable bonds is 8. The second kappa shape index (κ2) is 11.2. The van der Waals surface area contributed by atoms with Crippen molar-refractivity contribution in [1.82, 2.24) is 9.91 Å². The summed E-state index contributed by atoms with van der Waals surface area (Å²) in [7, 11) is 1.61. The van der Waals surface area contributed by atoms with Crippen molar-refractivity contribution < 1.29 is 14.3 Å². The Hall–Kier alpha value is -2.70. The lowest BCUT2D eigenvalue weighted by Crippen LogP contribution is -2.44. The van der Waals surface area contributed by atoms with Crippen LogP contribution < -0.4 is 0 Å². The highest BCUT2D eigenvalue weighted by atomic mass is 35.5. The molecule has 1 aliphatic carbocycles. The van der Waals surface area contributed by atoms with Crippen LogP contribution in [0.4, 0.5) is 0 Å². The van der Waals surface area contributed by atoms with Gasteiger partial charge < -0.3 is 9.64 Å². The Kier molecular flexibility index (Phi) is 8.01. The zero-order valence-electron chi connectivity index (χ0n) is 19.9. The molecule has 1 fully saturated rings. The van der Waals surface area contributed by atoms with Gasteiger partial charge in [-0.1, -0.05) is 72.5 Å². The van der Waals surface area contributed by atoms with Gasteiger partial charge in [0.2, 0.25) is 5.91 Å². The molecular formula is C27H32ClN3O3. The molecule has 0 saturated heterocycles. The zero-order valence-corrected chi connectivity index (χ0v) is 20.6. The molecule has 1 atom stereocenters. The Balaban J connectivity index is 1.60. The highest BCUT2D eigenvalue weighted by molar-refractivity contribution is 6.34. The molecule has 1 unspecified atom stereocenters. The zero-order chi connectivity index (χ0) is 24.1. The van der Waals surface area contributed by atoms with Crippen molar-refractivity contribution in [2.24, 2.45) is 11.0 Å². The Morgan fingerprint density at radius 3 is 2.50 bits per heavy atom. The summed E-state index contributed by atoms with van der Waals surface area (Å²) in [5, 5.41) is 6.89. The molecule has 2 aromatic carbocycles. The van der Waals surface area contributed by atoms with Gasteiger partial charge in [0, 0.05) is 36.6 Å². The van der Waals surface area contributed by atoms with Crippen LogP contribution in [0.15, 0.2) is 53.6 Å². The summed E-state index contributed by atoms with van der Waals surface area (Å²) in [6, 6.07) is 15.5. The number of aryl methyl sites for hydroxylation is 1. The lowest BCUT2D eigenvalue weighted by molar-refractivity contribution is -0.144. The highest BCUT2D eigenvalue weighted by Crippen LogP contribution is 2.35. The van der Waals surface area contributed by atoms with Crippen molar-refractivity contribution in [3.8, 4) is 0 Å². The highest BCUT2D eigenvalue weighted by Gasteiger charge is 2.36. The van der Waals surface area contributed by atoms with Crippen molar-refractivity contribution in [3.05, 3.63) is 70.2 Å². The van der Waals surface area contributed by atoms with E-state index in [0.29, 0.717) is 24.6 Å². The van der Waals surface area contributed by atoms with Gasteiger partial charge in [-0.2, -0.15) is 5.10 Å². The molecule has 0 aromatic heterocycles. The molecule has 1 saturated carbocycles. The van der Waals surface area contributed by atoms with E-state index in [4.69, 9.17) is 21.4 Å². The number of nitrogens with zero attached hydrogens (tertiary/aromatic N) is 3. The molecule has 4 rings (SSSR count). The van der Waals surface area contributed by atoms with Crippen LogP contribution in [0.1, 0.15) is 54.8 Å². The van der Waals surface area contributed by atoms with Crippen LogP contribution >= 0.6 is 11.6 Å². The third kappa shape index (κ3) is 5.50. The molecule has 2 aliphatic rings. The maximum absolute atomic E-state index is 13.6. The van der Waals surface area contributed by atoms with Crippen molar-refractivity contribution >= 4 is 29.1 Å². The second-order valence-corrected chi connectivity index (χ2v) is 9.54. The largest absolute Gasteiger partial charge is 0.383 e. The van der Waals surface area contributed by atoms with Crippen LogP contribution in [-0.2, 0) is 14.3 Å². The quantitative estimate of drug-likeness (QED) is 0.533. The molecule has 0 bridgehead atoms. The lowest BCUT2D eigenvalue weighted by atomic mass is 9.97. The maximum atomic E-state index is 13.6. The Morgan fingerprint density at radius 2 is 1.82 bits per heavy atom. The van der Waals surface area contributed by atoms with E-state index < -0.39 is 0 Å². The molecule has 0 spiro atoms. The van der Waals surface area contributed by atoms with Gasteiger partial charge in [-0.3, -0.25) is 9.59 Å². The fourth-order valence-corrected chi connectivity index (χ4v) is 5.03. The van der Waals surface area contributed by atoms with Crippen LogP contribution in [0.2, 0.25) is 5.02 Å². The predicted molar refractivity (Wildman–Crippen MR) is 134 cm³/mol. The first kappa shape index (κ1) is 24.4. The van der Waals surface area contributed by atoms with E-state index in [9.17, 15) is 9.59 Å². The van der Waals surface area contributed by atoms with Gasteiger partial charge in [0.1, 0.15) is 6.54 Å². The summed E-state index contributed by atoms with van der Waals surface area (Å²) in [6.45, 7) is 2.80. The molecule has 0 N–H and O–H groups in total. The standard InChI is InChI=1S/C27H32ClN3O3/c1-19-11-13-20(14-12-19)25-17-24(22-9-5-6-10-23(22)28)29-31(25)26(32)18-30(15-16-34-2)27(33)21-7-3-4-8-21/h5-6,9-14,21,25H,3-4,7-8,15-18H2,1-2H3. The molecule has 2 amide bonds. The number of benzene rings is 2. The first-order valence-electron chi connectivity index (χ1n) is 12.0. The van der Waals surface area contributed by atoms with E-state index in [-0.39, 0.29) is 30.3 Å². The molecule has 0 radical (unpaired) electrons. The van der Waals surface area contributed by atoms with E-state index >= 15 is 0 Å². The van der Waals surface area contributed by atoms with Gasteiger partial charge >= 0.3 is 0 Å². The number of methoxy groups -OCH3 is 1. The molecule has 180 valence electrons. The monoisotopic (exact) mass is 481 g/mol. The van der Waals surface area contributed by atoms with E-state index in [0.717, 1.165) is 48.1 Å². The van der Waals surface area contributed by atoms with Crippen LogP contribution in [0.25, 0.3) is 0 Å². The minimum absolute atomic E-state index is 0.00156. The number of ether oxygens (including phenoxy) is 1. The number of hydrogen-bond donors (Lipinski definition) is 0. The molecule has 1 heterocycles. The van der Waals surface area contributed by atoms with Crippen LogP contribution in [0.3, 0.4) is 0 Å². The molecular weight excluding hydrogens is 450 g/mol. The SMILES string of the molecule is COCCN(CC(=O)N1N=C(c2ccccc2Cl)CC1c1ccc(C)cc1)C(=O)C1CCCC1. The average molecular weight is 482 g/mol. The number of carbonyl (C=O) groups excluding carboxylic acids is 2. The number of hydrogen-bond acceptors (Lipinski definition) is 4. The summed E-state index contributed by atoms with van der Waals surface area (Å²) in [4.78, 5) is 28.4. The number of amides is 2. The third-order valence-electron chi connectivity index (χ3n) is 6.72. The smallest absolute Gasteiger partial charge is 0.262 e. The number of hydrazone groups is 1. The summed E-state index contributed by atoms with van der Waals surface area (Å²) in [5.41, 5.74) is 3.76. The molecule has 1 aliphatic heterocycles. The van der Waals surface area contributed by atoms with Crippen molar-refractivity contribution in [2.75, 3.05) is 26.8 Å². The van der Waals surface area contributed by atoms with Crippen molar-refractivity contribution in [3.63, 3.8) is 0 Å². The topological polar surface area (TPSA) is 62.2 Å². The third-order valence-corrected chi connectivity index (χ3v) is 7.05. The Morgan fingerprint density at radius 1 is 1.12 bits per heavy atom. The van der Waals surface area contributed by atoms with Gasteiger partial charge in [-0.25, -0.2) is 5.01 Å². The predicted octanol–water partition coefficient (Wildman–Crippen LogP) is 4.99. The van der Waals surface area contributed by atoms with Crippen LogP contribution in [0, 0.1) is 12.8 Å². The number of carbonyl (C=O) groups is 2. The first-order chi connectivity index (χ1) is 16.5. The van der Waals surface area contributed by atoms with Gasteiger partial charge in [0.05, 0.1) is 18.4 Å². The summed E-state index contributed by atoms with van der Waals surface area (Å²) in [5.74, 6) is -0.155. The summed E-state index contributed by atoms with van der Waals surface area (Å²) in [6.07, 6.45) is 4.47. The lowest BCUT2D eigenvalue weighted by Gasteiger charge is -2.28. The van der Waals surface area contributed by atoms with E-state index in [1.54, 1.807) is 17.0 Å². The minimum atomic E-state index is -0.245. The summed E-state index contributed by atoms with van der Waals surface area (Å²) < 4.78 is 5.22. The molecule has 34 heavy (non-hydrogen) atoms. The average Bonchev–Trinajstić information content (AvgIpc) is 3.53. The fraction of sp³-hybridized carbons (Fsp3) is 0.444. The summed E-state index contributed by atoms with van der Waals surface area (Å²) >= 11 is 6.45. The normalized spacial score (nSPS) is 18.3. The van der Waals surface area contributed by atoms with Crippen molar-refractivity contribution in [2.45, 2.75) is 45.1 Å². The molecule has 7 heteroatoms. The van der Waals surface area contributed by atoms with E-state index in [1.807, 2.05) is 55.5 Å². The van der Waals surface area contributed by atoms with E-state index in [1.165, 1.54) is 0 Å². The Bertz CT molecular complexity index is 1050. The van der Waals surface area contributed by atoms with E-state index in [2.05, 4.69) is 0 Å². The van der Waals surface area contributed by atoms with Crippen LogP contribution in [-0.4, -0.2) is 54.2 Å². The number of halogens is 1. The second-order valence-electron chi connectivity index (χ2n) is 9.13. The molecule has 2 aromatic rings. The van der Waals surface area contributed by atoms with Gasteiger partial charge in [-0.15, -0.1) is 0 Å². The molecule has 6 nitrogen and oxygen atoms in total. The first-order valence-corrected chi connectivity index (χ1v) is 12.3.